The molecule has 19 heavy (non-hydrogen) atoms. The van der Waals surface area contributed by atoms with Gasteiger partial charge in [-0.05, 0) is 66.8 Å². The van der Waals surface area contributed by atoms with Crippen LogP contribution < -0.4 is 5.32 Å². The van der Waals surface area contributed by atoms with Crippen LogP contribution in [0.25, 0.3) is 0 Å². The first kappa shape index (κ1) is 12.5. The first-order valence-corrected chi connectivity index (χ1v) is 7.35. The molecule has 0 saturated carbocycles. The first-order valence-electron chi connectivity index (χ1n) is 6.56. The standard InChI is InChI=1S/C16H16BrNO/c17-12-5-7-13(8-6-12)18-16-3-1-2-11-4-9-14(19)10-15(11)16/h4-10,16,18-19H,1-3H2. The molecule has 0 saturated heterocycles. The normalized spacial score (nSPS) is 17.8. The number of halogens is 1. The summed E-state index contributed by atoms with van der Waals surface area (Å²) in [4.78, 5) is 0. The summed E-state index contributed by atoms with van der Waals surface area (Å²) in [7, 11) is 0. The predicted octanol–water partition coefficient (Wildman–Crippen LogP) is 4.64. The monoisotopic (exact) mass is 317 g/mol. The van der Waals surface area contributed by atoms with Crippen molar-refractivity contribution in [1.82, 2.24) is 0 Å². The summed E-state index contributed by atoms with van der Waals surface area (Å²) in [5, 5.41) is 13.2. The van der Waals surface area contributed by atoms with Gasteiger partial charge in [0.1, 0.15) is 5.75 Å². The van der Waals surface area contributed by atoms with Crippen molar-refractivity contribution in [3.63, 3.8) is 0 Å². The van der Waals surface area contributed by atoms with Gasteiger partial charge in [0.25, 0.3) is 0 Å². The number of phenolic OH excluding ortho intramolecular Hbond substituents is 1. The van der Waals surface area contributed by atoms with Crippen molar-refractivity contribution in [3.05, 3.63) is 58.1 Å². The highest BCUT2D eigenvalue weighted by Crippen LogP contribution is 2.34. The quantitative estimate of drug-likeness (QED) is 0.845. The third-order valence-corrected chi connectivity index (χ3v) is 4.16. The molecule has 0 bridgehead atoms. The molecule has 3 rings (SSSR count). The molecule has 1 atom stereocenters. The van der Waals surface area contributed by atoms with Crippen LogP contribution in [-0.2, 0) is 6.42 Å². The molecule has 0 spiro atoms. The summed E-state index contributed by atoms with van der Waals surface area (Å²) in [6, 6.07) is 14.2. The van der Waals surface area contributed by atoms with Gasteiger partial charge in [0.2, 0.25) is 0 Å². The number of rotatable bonds is 2. The maximum Gasteiger partial charge on any atom is 0.115 e. The minimum Gasteiger partial charge on any atom is -0.508 e. The topological polar surface area (TPSA) is 32.3 Å². The maximum absolute atomic E-state index is 9.67. The lowest BCUT2D eigenvalue weighted by molar-refractivity contribution is 0.471. The van der Waals surface area contributed by atoms with Gasteiger partial charge < -0.3 is 10.4 Å². The fourth-order valence-electron chi connectivity index (χ4n) is 2.68. The summed E-state index contributed by atoms with van der Waals surface area (Å²) in [5.74, 6) is 0.350. The molecule has 0 heterocycles. The van der Waals surface area contributed by atoms with E-state index in [9.17, 15) is 5.11 Å². The fourth-order valence-corrected chi connectivity index (χ4v) is 2.95. The van der Waals surface area contributed by atoms with Crippen LogP contribution in [0.4, 0.5) is 5.69 Å². The Morgan fingerprint density at radius 2 is 1.89 bits per heavy atom. The molecule has 2 N–H and O–H groups in total. The number of phenols is 1. The highest BCUT2D eigenvalue weighted by atomic mass is 79.9. The van der Waals surface area contributed by atoms with Crippen molar-refractivity contribution >= 4 is 21.6 Å². The molecule has 0 aromatic heterocycles. The third-order valence-electron chi connectivity index (χ3n) is 3.63. The highest BCUT2D eigenvalue weighted by molar-refractivity contribution is 9.10. The van der Waals surface area contributed by atoms with E-state index < -0.39 is 0 Å². The Labute approximate surface area is 121 Å². The van der Waals surface area contributed by atoms with Gasteiger partial charge in [-0.3, -0.25) is 0 Å². The molecule has 0 fully saturated rings. The van der Waals surface area contributed by atoms with E-state index in [4.69, 9.17) is 0 Å². The summed E-state index contributed by atoms with van der Waals surface area (Å²) in [6.07, 6.45) is 3.40. The van der Waals surface area contributed by atoms with Crippen LogP contribution in [0, 0.1) is 0 Å². The zero-order valence-electron chi connectivity index (χ0n) is 10.6. The van der Waals surface area contributed by atoms with Crippen molar-refractivity contribution in [2.24, 2.45) is 0 Å². The average molecular weight is 318 g/mol. The molecule has 1 aliphatic rings. The average Bonchev–Trinajstić information content (AvgIpc) is 2.42. The zero-order valence-corrected chi connectivity index (χ0v) is 12.2. The van der Waals surface area contributed by atoms with Crippen molar-refractivity contribution in [3.8, 4) is 5.75 Å². The van der Waals surface area contributed by atoms with E-state index in [0.717, 1.165) is 23.0 Å². The Morgan fingerprint density at radius 3 is 2.68 bits per heavy atom. The van der Waals surface area contributed by atoms with Crippen LogP contribution in [0.3, 0.4) is 0 Å². The number of fused-ring (bicyclic) bond motifs is 1. The van der Waals surface area contributed by atoms with Crippen LogP contribution in [0.5, 0.6) is 5.75 Å². The summed E-state index contributed by atoms with van der Waals surface area (Å²) >= 11 is 3.45. The van der Waals surface area contributed by atoms with Gasteiger partial charge in [0.05, 0.1) is 6.04 Å². The van der Waals surface area contributed by atoms with Crippen LogP contribution in [0.15, 0.2) is 46.9 Å². The second-order valence-electron chi connectivity index (χ2n) is 4.98. The van der Waals surface area contributed by atoms with E-state index in [1.807, 2.05) is 24.3 Å². The number of nitrogens with one attached hydrogen (secondary N) is 1. The van der Waals surface area contributed by atoms with Gasteiger partial charge in [0, 0.05) is 10.2 Å². The van der Waals surface area contributed by atoms with Crippen LogP contribution in [-0.4, -0.2) is 5.11 Å². The largest absolute Gasteiger partial charge is 0.508 e. The highest BCUT2D eigenvalue weighted by Gasteiger charge is 2.20. The number of hydrogen-bond donors (Lipinski definition) is 2. The molecule has 2 nitrogen and oxygen atoms in total. The number of aromatic hydroxyl groups is 1. The summed E-state index contributed by atoms with van der Waals surface area (Å²) in [5.41, 5.74) is 3.69. The Balaban J connectivity index is 1.87. The van der Waals surface area contributed by atoms with Gasteiger partial charge in [-0.15, -0.1) is 0 Å². The molecule has 0 radical (unpaired) electrons. The minimum atomic E-state index is 0.289. The lowest BCUT2D eigenvalue weighted by atomic mass is 9.87. The lowest BCUT2D eigenvalue weighted by Gasteiger charge is -2.27. The number of benzene rings is 2. The number of aryl methyl sites for hydroxylation is 1. The second-order valence-corrected chi connectivity index (χ2v) is 5.89. The number of anilines is 1. The Morgan fingerprint density at radius 1 is 1.11 bits per heavy atom. The van der Waals surface area contributed by atoms with E-state index in [0.29, 0.717) is 5.75 Å². The van der Waals surface area contributed by atoms with Crippen LogP contribution >= 0.6 is 15.9 Å². The van der Waals surface area contributed by atoms with Crippen molar-refractivity contribution < 1.29 is 5.11 Å². The Bertz CT molecular complexity index is 580. The summed E-state index contributed by atoms with van der Waals surface area (Å²) < 4.78 is 1.08. The number of hydrogen-bond acceptors (Lipinski definition) is 2. The first-order chi connectivity index (χ1) is 9.22. The molecule has 98 valence electrons. The van der Waals surface area contributed by atoms with E-state index in [2.05, 4.69) is 33.4 Å². The van der Waals surface area contributed by atoms with E-state index in [1.54, 1.807) is 6.07 Å². The molecule has 3 heteroatoms. The molecule has 1 aliphatic carbocycles. The van der Waals surface area contributed by atoms with Gasteiger partial charge in [-0.2, -0.15) is 0 Å². The van der Waals surface area contributed by atoms with E-state index in [1.165, 1.54) is 17.5 Å². The fraction of sp³-hybridized carbons (Fsp3) is 0.250. The van der Waals surface area contributed by atoms with Gasteiger partial charge in [-0.1, -0.05) is 22.0 Å². The second kappa shape index (κ2) is 5.25. The molecule has 2 aromatic rings. The van der Waals surface area contributed by atoms with Crippen molar-refractivity contribution in [2.45, 2.75) is 25.3 Å². The van der Waals surface area contributed by atoms with Gasteiger partial charge in [-0.25, -0.2) is 0 Å². The molecule has 0 aliphatic heterocycles. The Kier molecular flexibility index (Phi) is 3.47. The van der Waals surface area contributed by atoms with Crippen LogP contribution in [0.2, 0.25) is 0 Å². The van der Waals surface area contributed by atoms with E-state index in [-0.39, 0.29) is 6.04 Å². The third kappa shape index (κ3) is 2.76. The SMILES string of the molecule is Oc1ccc2c(c1)C(Nc1ccc(Br)cc1)CCC2. The van der Waals surface area contributed by atoms with Crippen molar-refractivity contribution in [2.75, 3.05) is 5.32 Å². The lowest BCUT2D eigenvalue weighted by Crippen LogP contribution is -2.17. The zero-order chi connectivity index (χ0) is 13.2. The molecular formula is C16H16BrNO. The smallest absolute Gasteiger partial charge is 0.115 e. The van der Waals surface area contributed by atoms with Gasteiger partial charge >= 0.3 is 0 Å². The van der Waals surface area contributed by atoms with Crippen LogP contribution in [0.1, 0.15) is 30.0 Å². The Hall–Kier alpha value is -1.48. The molecule has 1 unspecified atom stereocenters. The maximum atomic E-state index is 9.67. The minimum absolute atomic E-state index is 0.289. The molecule has 0 amide bonds. The molecule has 2 aromatic carbocycles. The predicted molar refractivity (Wildman–Crippen MR) is 81.6 cm³/mol. The van der Waals surface area contributed by atoms with Crippen molar-refractivity contribution in [1.29, 1.82) is 0 Å². The van der Waals surface area contributed by atoms with Gasteiger partial charge in [0.15, 0.2) is 0 Å². The van der Waals surface area contributed by atoms with E-state index >= 15 is 0 Å². The molecular weight excluding hydrogens is 302 g/mol. The summed E-state index contributed by atoms with van der Waals surface area (Å²) in [6.45, 7) is 0.